The highest BCUT2D eigenvalue weighted by atomic mass is 19.4. The second kappa shape index (κ2) is 6.05. The van der Waals surface area contributed by atoms with Crippen LogP contribution in [0, 0.1) is 13.8 Å². The third-order valence-corrected chi connectivity index (χ3v) is 3.50. The van der Waals surface area contributed by atoms with Crippen LogP contribution in [-0.4, -0.2) is 25.8 Å². The summed E-state index contributed by atoms with van der Waals surface area (Å²) in [6.45, 7) is 7.91. The molecule has 1 N–H and O–H groups in total. The number of aromatic nitrogens is 3. The summed E-state index contributed by atoms with van der Waals surface area (Å²) >= 11 is 0. The van der Waals surface area contributed by atoms with Gasteiger partial charge in [-0.15, -0.1) is 0 Å². The van der Waals surface area contributed by atoms with Gasteiger partial charge in [-0.2, -0.15) is 18.3 Å². The predicted molar refractivity (Wildman–Crippen MR) is 83.0 cm³/mol. The Morgan fingerprint density at radius 2 is 1.80 bits per heavy atom. The zero-order valence-electron chi connectivity index (χ0n) is 14.4. The zero-order valence-corrected chi connectivity index (χ0v) is 14.4. The first-order valence-corrected chi connectivity index (χ1v) is 7.37. The number of carboxylic acids is 1. The molecule has 0 aliphatic carbocycles. The molecule has 0 aromatic carbocycles. The van der Waals surface area contributed by atoms with E-state index in [1.165, 1.54) is 18.5 Å². The number of ether oxygens (including phenoxy) is 1. The summed E-state index contributed by atoms with van der Waals surface area (Å²) in [6, 6.07) is 0. The van der Waals surface area contributed by atoms with Gasteiger partial charge in [0.05, 0.1) is 11.7 Å². The van der Waals surface area contributed by atoms with E-state index in [-0.39, 0.29) is 22.7 Å². The van der Waals surface area contributed by atoms with Crippen molar-refractivity contribution < 1.29 is 27.8 Å². The number of hydrogen-bond acceptors (Lipinski definition) is 4. The average molecular weight is 357 g/mol. The first-order chi connectivity index (χ1) is 11.3. The standard InChI is InChI=1S/C16H18F3N3O3/c1-8-6-20-7-10(11(8)16(17,18)19)25-13-9(2)12(14(23)24)21-22(13)15(3,4)5/h6-7H,1-5H3,(H,23,24). The van der Waals surface area contributed by atoms with Crippen LogP contribution in [0.2, 0.25) is 0 Å². The van der Waals surface area contributed by atoms with Gasteiger partial charge in [-0.05, 0) is 40.2 Å². The molecule has 0 radical (unpaired) electrons. The maximum absolute atomic E-state index is 13.4. The highest BCUT2D eigenvalue weighted by Gasteiger charge is 2.37. The van der Waals surface area contributed by atoms with Crippen molar-refractivity contribution in [3.63, 3.8) is 0 Å². The van der Waals surface area contributed by atoms with Crippen molar-refractivity contribution in [1.29, 1.82) is 0 Å². The van der Waals surface area contributed by atoms with Gasteiger partial charge in [0.2, 0.25) is 5.88 Å². The first-order valence-electron chi connectivity index (χ1n) is 7.37. The minimum atomic E-state index is -4.64. The van der Waals surface area contributed by atoms with Crippen molar-refractivity contribution >= 4 is 5.97 Å². The Kier molecular flexibility index (Phi) is 4.54. The van der Waals surface area contributed by atoms with E-state index in [4.69, 9.17) is 4.74 Å². The van der Waals surface area contributed by atoms with Gasteiger partial charge in [-0.1, -0.05) is 0 Å². The molecule has 0 aliphatic heterocycles. The van der Waals surface area contributed by atoms with E-state index in [9.17, 15) is 23.1 Å². The molecule has 25 heavy (non-hydrogen) atoms. The van der Waals surface area contributed by atoms with E-state index in [1.54, 1.807) is 20.8 Å². The molecule has 0 fully saturated rings. The van der Waals surface area contributed by atoms with Crippen molar-refractivity contribution in [3.05, 3.63) is 34.8 Å². The molecule has 6 nitrogen and oxygen atoms in total. The van der Waals surface area contributed by atoms with Gasteiger partial charge in [0.1, 0.15) is 5.56 Å². The van der Waals surface area contributed by atoms with Crippen molar-refractivity contribution in [2.75, 3.05) is 0 Å². The van der Waals surface area contributed by atoms with Crippen LogP contribution >= 0.6 is 0 Å². The summed E-state index contributed by atoms with van der Waals surface area (Å²) in [4.78, 5) is 15.1. The number of pyridine rings is 1. The Morgan fingerprint density at radius 3 is 2.28 bits per heavy atom. The second-order valence-electron chi connectivity index (χ2n) is 6.60. The predicted octanol–water partition coefficient (Wildman–Crippen LogP) is 4.16. The Balaban J connectivity index is 2.67. The average Bonchev–Trinajstić information content (AvgIpc) is 2.75. The fraction of sp³-hybridized carbons (Fsp3) is 0.438. The van der Waals surface area contributed by atoms with Gasteiger partial charge in [-0.25, -0.2) is 9.48 Å². The number of alkyl halides is 3. The summed E-state index contributed by atoms with van der Waals surface area (Å²) in [5, 5.41) is 13.2. The third-order valence-electron chi connectivity index (χ3n) is 3.50. The van der Waals surface area contributed by atoms with E-state index in [0.717, 1.165) is 12.4 Å². The Morgan fingerprint density at radius 1 is 1.20 bits per heavy atom. The van der Waals surface area contributed by atoms with Gasteiger partial charge in [0, 0.05) is 11.8 Å². The fourth-order valence-electron chi connectivity index (χ4n) is 2.34. The fourth-order valence-corrected chi connectivity index (χ4v) is 2.34. The van der Waals surface area contributed by atoms with Crippen molar-refractivity contribution in [2.24, 2.45) is 0 Å². The van der Waals surface area contributed by atoms with Crippen molar-refractivity contribution in [1.82, 2.24) is 14.8 Å². The van der Waals surface area contributed by atoms with Crippen LogP contribution < -0.4 is 4.74 Å². The molecule has 2 heterocycles. The summed E-state index contributed by atoms with van der Waals surface area (Å²) in [7, 11) is 0. The smallest absolute Gasteiger partial charge is 0.420 e. The summed E-state index contributed by atoms with van der Waals surface area (Å²) < 4.78 is 46.8. The van der Waals surface area contributed by atoms with Crippen LogP contribution in [0.15, 0.2) is 12.4 Å². The van der Waals surface area contributed by atoms with Crippen molar-refractivity contribution in [3.8, 4) is 11.6 Å². The van der Waals surface area contributed by atoms with Crippen molar-refractivity contribution in [2.45, 2.75) is 46.3 Å². The number of aryl methyl sites for hydroxylation is 1. The molecule has 2 rings (SSSR count). The Labute approximate surface area is 142 Å². The normalized spacial score (nSPS) is 12.3. The second-order valence-corrected chi connectivity index (χ2v) is 6.60. The van der Waals surface area contributed by atoms with Crippen LogP contribution in [0.1, 0.15) is 48.0 Å². The molecule has 0 atom stereocenters. The maximum atomic E-state index is 13.4. The monoisotopic (exact) mass is 357 g/mol. The van der Waals surface area contributed by atoms with Crippen LogP contribution in [0.3, 0.4) is 0 Å². The molecule has 136 valence electrons. The molecule has 0 aliphatic rings. The lowest BCUT2D eigenvalue weighted by Crippen LogP contribution is -2.24. The number of hydrogen-bond donors (Lipinski definition) is 1. The summed E-state index contributed by atoms with van der Waals surface area (Å²) in [5.74, 6) is -1.86. The highest BCUT2D eigenvalue weighted by molar-refractivity contribution is 5.87. The molecule has 0 amide bonds. The molecular weight excluding hydrogens is 339 g/mol. The topological polar surface area (TPSA) is 77.2 Å². The van der Waals surface area contributed by atoms with E-state index in [0.29, 0.717) is 0 Å². The Hall–Kier alpha value is -2.58. The van der Waals surface area contributed by atoms with Crippen LogP contribution in [0.25, 0.3) is 0 Å². The molecule has 9 heteroatoms. The van der Waals surface area contributed by atoms with E-state index in [1.807, 2.05) is 0 Å². The first kappa shape index (κ1) is 18.8. The zero-order chi connectivity index (χ0) is 19.2. The van der Waals surface area contributed by atoms with Crippen LogP contribution in [0.5, 0.6) is 11.6 Å². The van der Waals surface area contributed by atoms with Gasteiger partial charge in [0.15, 0.2) is 11.4 Å². The largest absolute Gasteiger partial charge is 0.476 e. The summed E-state index contributed by atoms with van der Waals surface area (Å²) in [5.41, 5.74) is -1.90. The van der Waals surface area contributed by atoms with Crippen LogP contribution in [-0.2, 0) is 11.7 Å². The minimum Gasteiger partial charge on any atom is -0.476 e. The molecule has 0 unspecified atom stereocenters. The van der Waals surface area contributed by atoms with E-state index >= 15 is 0 Å². The number of halogens is 3. The summed E-state index contributed by atoms with van der Waals surface area (Å²) in [6.07, 6.45) is -2.60. The molecule has 0 spiro atoms. The number of nitrogens with zero attached hydrogens (tertiary/aromatic N) is 3. The molecular formula is C16H18F3N3O3. The van der Waals surface area contributed by atoms with Gasteiger partial charge in [-0.3, -0.25) is 4.98 Å². The SMILES string of the molecule is Cc1cncc(Oc2c(C)c(C(=O)O)nn2C(C)(C)C)c1C(F)(F)F. The lowest BCUT2D eigenvalue weighted by molar-refractivity contribution is -0.139. The molecule has 2 aromatic rings. The van der Waals surface area contributed by atoms with Gasteiger partial charge >= 0.3 is 12.1 Å². The molecule has 0 bridgehead atoms. The third kappa shape index (κ3) is 3.59. The quantitative estimate of drug-likeness (QED) is 0.892. The molecule has 2 aromatic heterocycles. The minimum absolute atomic E-state index is 0.0669. The molecule has 0 saturated heterocycles. The highest BCUT2D eigenvalue weighted by Crippen LogP contribution is 2.41. The van der Waals surface area contributed by atoms with Crippen LogP contribution in [0.4, 0.5) is 13.2 Å². The lowest BCUT2D eigenvalue weighted by Gasteiger charge is -2.23. The lowest BCUT2D eigenvalue weighted by atomic mass is 10.1. The Bertz CT molecular complexity index is 820. The van der Waals surface area contributed by atoms with Gasteiger partial charge < -0.3 is 9.84 Å². The molecule has 0 saturated carbocycles. The number of aromatic carboxylic acids is 1. The van der Waals surface area contributed by atoms with E-state index in [2.05, 4.69) is 10.1 Å². The maximum Gasteiger partial charge on any atom is 0.420 e. The van der Waals surface area contributed by atoms with E-state index < -0.39 is 29.0 Å². The number of rotatable bonds is 3. The number of carboxylic acid groups (broad SMARTS) is 1. The number of carbonyl (C=O) groups is 1. The van der Waals surface area contributed by atoms with Gasteiger partial charge in [0.25, 0.3) is 0 Å².